The van der Waals surface area contributed by atoms with Gasteiger partial charge in [0.2, 0.25) is 11.8 Å². The van der Waals surface area contributed by atoms with Crippen molar-refractivity contribution in [3.05, 3.63) is 59.7 Å². The molecule has 0 aliphatic rings. The highest BCUT2D eigenvalue weighted by atomic mass is 19.4. The number of nitrogens with one attached hydrogen (secondary N) is 2. The quantitative estimate of drug-likeness (QED) is 0.625. The van der Waals surface area contributed by atoms with Crippen LogP contribution in [-0.4, -0.2) is 36.2 Å². The number of aliphatic hydroxyl groups excluding tert-OH is 1. The van der Waals surface area contributed by atoms with Crippen molar-refractivity contribution in [2.24, 2.45) is 0 Å². The van der Waals surface area contributed by atoms with Crippen LogP contribution < -0.4 is 15.4 Å². The predicted octanol–water partition coefficient (Wildman–Crippen LogP) is 2.76. The lowest BCUT2D eigenvalue weighted by Gasteiger charge is -2.14. The van der Waals surface area contributed by atoms with Crippen molar-refractivity contribution in [2.75, 3.05) is 18.5 Å². The van der Waals surface area contributed by atoms with Crippen molar-refractivity contribution >= 4 is 17.5 Å². The second-order valence-electron chi connectivity index (χ2n) is 6.35. The van der Waals surface area contributed by atoms with E-state index in [1.807, 2.05) is 0 Å². The van der Waals surface area contributed by atoms with Crippen molar-refractivity contribution in [3.63, 3.8) is 0 Å². The summed E-state index contributed by atoms with van der Waals surface area (Å²) in [6, 6.07) is 11.1. The molecule has 6 nitrogen and oxygen atoms in total. The first kappa shape index (κ1) is 22.2. The topological polar surface area (TPSA) is 87.7 Å². The fourth-order valence-electron chi connectivity index (χ4n) is 2.40. The molecule has 0 saturated carbocycles. The Morgan fingerprint density at radius 3 is 2.45 bits per heavy atom. The maximum atomic E-state index is 12.7. The van der Waals surface area contributed by atoms with Crippen LogP contribution in [0.1, 0.15) is 18.1 Å². The van der Waals surface area contributed by atoms with Crippen molar-refractivity contribution in [2.45, 2.75) is 25.6 Å². The second kappa shape index (κ2) is 9.92. The zero-order valence-electron chi connectivity index (χ0n) is 15.6. The van der Waals surface area contributed by atoms with Crippen LogP contribution in [0.4, 0.5) is 18.9 Å². The summed E-state index contributed by atoms with van der Waals surface area (Å²) in [5.41, 5.74) is 0.484. The van der Waals surface area contributed by atoms with Crippen LogP contribution >= 0.6 is 0 Å². The Labute approximate surface area is 165 Å². The Bertz CT molecular complexity index is 838. The van der Waals surface area contributed by atoms with E-state index in [-0.39, 0.29) is 37.1 Å². The summed E-state index contributed by atoms with van der Waals surface area (Å²) in [6.45, 7) is 1.01. The maximum Gasteiger partial charge on any atom is 0.416 e. The molecule has 0 spiro atoms. The van der Waals surface area contributed by atoms with E-state index in [1.54, 1.807) is 24.3 Å². The standard InChI is InChI=1S/C20H21F3N2O4/c1-13(26)25-16-7-5-14(6-8-16)9-19(28)24-11-17(27)12-29-18-4-2-3-15(10-18)20(21,22)23/h2-8,10,17,27H,9,11-12H2,1H3,(H,24,28)(H,25,26). The van der Waals surface area contributed by atoms with E-state index in [2.05, 4.69) is 10.6 Å². The van der Waals surface area contributed by atoms with E-state index in [0.717, 1.165) is 12.1 Å². The molecule has 156 valence electrons. The predicted molar refractivity (Wildman–Crippen MR) is 100 cm³/mol. The Balaban J connectivity index is 1.75. The third-order valence-corrected chi connectivity index (χ3v) is 3.78. The molecule has 2 aromatic rings. The van der Waals surface area contributed by atoms with Gasteiger partial charge < -0.3 is 20.5 Å². The van der Waals surface area contributed by atoms with Crippen molar-refractivity contribution < 1.29 is 32.6 Å². The number of amides is 2. The van der Waals surface area contributed by atoms with Crippen LogP contribution in [-0.2, 0) is 22.2 Å². The normalized spacial score (nSPS) is 12.2. The van der Waals surface area contributed by atoms with E-state index in [1.165, 1.54) is 19.1 Å². The molecule has 2 aromatic carbocycles. The number of alkyl halides is 3. The lowest BCUT2D eigenvalue weighted by Crippen LogP contribution is -2.36. The largest absolute Gasteiger partial charge is 0.491 e. The van der Waals surface area contributed by atoms with Crippen LogP contribution in [0.5, 0.6) is 5.75 Å². The molecule has 2 amide bonds. The Hall–Kier alpha value is -3.07. The van der Waals surface area contributed by atoms with E-state index in [4.69, 9.17) is 4.74 Å². The smallest absolute Gasteiger partial charge is 0.416 e. The fraction of sp³-hybridized carbons (Fsp3) is 0.300. The minimum absolute atomic E-state index is 0.0236. The van der Waals surface area contributed by atoms with Gasteiger partial charge in [0.1, 0.15) is 18.5 Å². The number of hydrogen-bond acceptors (Lipinski definition) is 4. The van der Waals surface area contributed by atoms with Gasteiger partial charge in [-0.2, -0.15) is 13.2 Å². The van der Waals surface area contributed by atoms with Gasteiger partial charge in [0.15, 0.2) is 0 Å². The first-order valence-electron chi connectivity index (χ1n) is 8.75. The van der Waals surface area contributed by atoms with Crippen LogP contribution in [0.25, 0.3) is 0 Å². The Kier molecular flexibility index (Phi) is 7.60. The van der Waals surface area contributed by atoms with Crippen LogP contribution in [0.3, 0.4) is 0 Å². The summed E-state index contributed by atoms with van der Waals surface area (Å²) in [4.78, 5) is 22.9. The van der Waals surface area contributed by atoms with Crippen LogP contribution in [0.15, 0.2) is 48.5 Å². The second-order valence-corrected chi connectivity index (χ2v) is 6.35. The number of benzene rings is 2. The van der Waals surface area contributed by atoms with E-state index >= 15 is 0 Å². The summed E-state index contributed by atoms with van der Waals surface area (Å²) in [5, 5.41) is 15.0. The number of hydrogen-bond donors (Lipinski definition) is 3. The first-order chi connectivity index (χ1) is 13.6. The molecule has 0 bridgehead atoms. The van der Waals surface area contributed by atoms with Gasteiger partial charge in [0.05, 0.1) is 12.0 Å². The van der Waals surface area contributed by atoms with E-state index < -0.39 is 17.8 Å². The van der Waals surface area contributed by atoms with Gasteiger partial charge >= 0.3 is 6.18 Å². The minimum Gasteiger partial charge on any atom is -0.491 e. The highest BCUT2D eigenvalue weighted by Crippen LogP contribution is 2.31. The number of aliphatic hydroxyl groups is 1. The fourth-order valence-corrected chi connectivity index (χ4v) is 2.40. The number of ether oxygens (including phenoxy) is 1. The number of carbonyl (C=O) groups is 2. The van der Waals surface area contributed by atoms with Gasteiger partial charge in [-0.1, -0.05) is 18.2 Å². The average molecular weight is 410 g/mol. The van der Waals surface area contributed by atoms with Gasteiger partial charge in [0, 0.05) is 19.2 Å². The van der Waals surface area contributed by atoms with Gasteiger partial charge in [-0.15, -0.1) is 0 Å². The zero-order valence-corrected chi connectivity index (χ0v) is 15.6. The van der Waals surface area contributed by atoms with Crippen LogP contribution in [0.2, 0.25) is 0 Å². The number of rotatable bonds is 8. The molecular formula is C20H21F3N2O4. The van der Waals surface area contributed by atoms with Crippen molar-refractivity contribution in [1.29, 1.82) is 0 Å². The first-order valence-corrected chi connectivity index (χ1v) is 8.75. The van der Waals surface area contributed by atoms with Gasteiger partial charge in [-0.25, -0.2) is 0 Å². The number of carbonyl (C=O) groups excluding carboxylic acids is 2. The molecule has 1 unspecified atom stereocenters. The lowest BCUT2D eigenvalue weighted by molar-refractivity contribution is -0.137. The number of anilines is 1. The Morgan fingerprint density at radius 1 is 1.14 bits per heavy atom. The summed E-state index contributed by atoms with van der Waals surface area (Å²) < 4.78 is 43.1. The summed E-state index contributed by atoms with van der Waals surface area (Å²) >= 11 is 0. The van der Waals surface area contributed by atoms with Crippen molar-refractivity contribution in [1.82, 2.24) is 5.32 Å². The van der Waals surface area contributed by atoms with E-state index in [0.29, 0.717) is 11.3 Å². The lowest BCUT2D eigenvalue weighted by atomic mass is 10.1. The SMILES string of the molecule is CC(=O)Nc1ccc(CC(=O)NCC(O)COc2cccc(C(F)(F)F)c2)cc1. The molecule has 0 heterocycles. The van der Waals surface area contributed by atoms with E-state index in [9.17, 15) is 27.9 Å². The molecule has 9 heteroatoms. The average Bonchev–Trinajstić information content (AvgIpc) is 2.65. The van der Waals surface area contributed by atoms with Crippen molar-refractivity contribution in [3.8, 4) is 5.75 Å². The zero-order chi connectivity index (χ0) is 21.4. The van der Waals surface area contributed by atoms with Gasteiger partial charge in [0.25, 0.3) is 0 Å². The highest BCUT2D eigenvalue weighted by Gasteiger charge is 2.30. The Morgan fingerprint density at radius 2 is 1.83 bits per heavy atom. The molecule has 0 radical (unpaired) electrons. The molecule has 0 aromatic heterocycles. The molecular weight excluding hydrogens is 389 g/mol. The summed E-state index contributed by atoms with van der Waals surface area (Å²) in [6.07, 6.45) is -5.50. The molecule has 0 aliphatic carbocycles. The van der Waals surface area contributed by atoms with Crippen LogP contribution in [0, 0.1) is 0 Å². The summed E-state index contributed by atoms with van der Waals surface area (Å²) in [5.74, 6) is -0.559. The minimum atomic E-state index is -4.48. The monoisotopic (exact) mass is 410 g/mol. The molecule has 29 heavy (non-hydrogen) atoms. The molecule has 1 atom stereocenters. The molecule has 0 aliphatic heterocycles. The van der Waals surface area contributed by atoms with Gasteiger partial charge in [-0.3, -0.25) is 9.59 Å². The molecule has 2 rings (SSSR count). The highest BCUT2D eigenvalue weighted by molar-refractivity contribution is 5.88. The molecule has 0 saturated heterocycles. The number of halogens is 3. The van der Waals surface area contributed by atoms with Gasteiger partial charge in [-0.05, 0) is 35.9 Å². The summed E-state index contributed by atoms with van der Waals surface area (Å²) in [7, 11) is 0. The third-order valence-electron chi connectivity index (χ3n) is 3.78. The molecule has 3 N–H and O–H groups in total. The maximum absolute atomic E-state index is 12.7. The third kappa shape index (κ3) is 7.82. The molecule has 0 fully saturated rings.